The number of amides is 3. The largest absolute Gasteiger partial charge is 0.490 e. The van der Waals surface area contributed by atoms with Gasteiger partial charge in [0.2, 0.25) is 5.91 Å². The highest BCUT2D eigenvalue weighted by atomic mass is 19.1. The van der Waals surface area contributed by atoms with Crippen LogP contribution < -0.4 is 15.4 Å². The molecule has 0 aromatic heterocycles. The molecule has 2 aromatic rings. The summed E-state index contributed by atoms with van der Waals surface area (Å²) >= 11 is 0. The maximum Gasteiger partial charge on any atom is 0.255 e. The number of imide groups is 1. The van der Waals surface area contributed by atoms with Gasteiger partial charge in [-0.05, 0) is 80.0 Å². The fraction of sp³-hybridized carbons (Fsp3) is 0.483. The van der Waals surface area contributed by atoms with Gasteiger partial charge in [-0.25, -0.2) is 4.39 Å². The number of piperidine rings is 2. The van der Waals surface area contributed by atoms with Crippen molar-refractivity contribution < 1.29 is 23.5 Å². The van der Waals surface area contributed by atoms with Crippen molar-refractivity contribution in [1.82, 2.24) is 15.5 Å². The molecular formula is C29H32FN3O4. The van der Waals surface area contributed by atoms with Gasteiger partial charge in [-0.3, -0.25) is 19.7 Å². The third kappa shape index (κ3) is 4.41. The summed E-state index contributed by atoms with van der Waals surface area (Å²) in [5, 5.41) is 5.57. The lowest BCUT2D eigenvalue weighted by Gasteiger charge is -2.53. The normalized spacial score (nSPS) is 26.9. The van der Waals surface area contributed by atoms with Crippen LogP contribution in [-0.2, 0) is 16.1 Å². The number of halogens is 1. The third-order valence-electron chi connectivity index (χ3n) is 8.55. The minimum Gasteiger partial charge on any atom is -0.490 e. The van der Waals surface area contributed by atoms with E-state index in [1.54, 1.807) is 17.0 Å². The van der Waals surface area contributed by atoms with E-state index in [4.69, 9.17) is 4.74 Å². The first-order valence-corrected chi connectivity index (χ1v) is 13.4. The van der Waals surface area contributed by atoms with E-state index in [0.29, 0.717) is 30.9 Å². The van der Waals surface area contributed by atoms with Crippen LogP contribution in [0.2, 0.25) is 0 Å². The molecule has 4 heterocycles. The van der Waals surface area contributed by atoms with Crippen molar-refractivity contribution in [2.75, 3.05) is 13.1 Å². The Morgan fingerprint density at radius 1 is 0.946 bits per heavy atom. The van der Waals surface area contributed by atoms with Gasteiger partial charge in [0.15, 0.2) is 0 Å². The molecule has 3 saturated heterocycles. The summed E-state index contributed by atoms with van der Waals surface area (Å²) in [6, 6.07) is 12.5. The highest BCUT2D eigenvalue weighted by molar-refractivity contribution is 6.10. The van der Waals surface area contributed by atoms with Crippen LogP contribution in [0.25, 0.3) is 0 Å². The molecule has 2 saturated carbocycles. The van der Waals surface area contributed by atoms with E-state index in [2.05, 4.69) is 10.6 Å². The Hall–Kier alpha value is -3.26. The van der Waals surface area contributed by atoms with Gasteiger partial charge in [-0.2, -0.15) is 0 Å². The van der Waals surface area contributed by atoms with E-state index in [1.165, 1.54) is 25.3 Å². The molecule has 37 heavy (non-hydrogen) atoms. The molecule has 0 radical (unpaired) electrons. The number of carbonyl (C=O) groups excluding carboxylic acids is 3. The molecule has 4 aliphatic heterocycles. The van der Waals surface area contributed by atoms with Gasteiger partial charge in [0.05, 0.1) is 6.10 Å². The van der Waals surface area contributed by atoms with Crippen molar-refractivity contribution in [1.29, 1.82) is 0 Å². The highest BCUT2D eigenvalue weighted by Crippen LogP contribution is 2.49. The maximum atomic E-state index is 12.9. The Balaban J connectivity index is 0.000000191. The lowest BCUT2D eigenvalue weighted by molar-refractivity contribution is -0.160. The molecule has 2 aliphatic carbocycles. The average molecular weight is 506 g/mol. The van der Waals surface area contributed by atoms with Crippen LogP contribution in [0.15, 0.2) is 42.5 Å². The Bertz CT molecular complexity index is 1230. The number of nitrogens with one attached hydrogen (secondary N) is 2. The summed E-state index contributed by atoms with van der Waals surface area (Å²) in [4.78, 5) is 38.6. The van der Waals surface area contributed by atoms with Crippen molar-refractivity contribution in [2.24, 2.45) is 5.92 Å². The van der Waals surface area contributed by atoms with Gasteiger partial charge >= 0.3 is 0 Å². The summed E-state index contributed by atoms with van der Waals surface area (Å²) < 4.78 is 18.8. The SMILES string of the molecule is Fc1cccc(C2CNC2)c1.O=C1NC(=O)C2(N3Cc4cc(OC5CCCCC5)ccc4C3=O)CC1C2. The van der Waals surface area contributed by atoms with Crippen LogP contribution in [-0.4, -0.2) is 47.4 Å². The monoisotopic (exact) mass is 505 g/mol. The smallest absolute Gasteiger partial charge is 0.255 e. The summed E-state index contributed by atoms with van der Waals surface area (Å²) in [6.45, 7) is 2.39. The molecule has 8 heteroatoms. The predicted molar refractivity (Wildman–Crippen MR) is 134 cm³/mol. The minimum absolute atomic E-state index is 0.118. The first kappa shape index (κ1) is 24.1. The fourth-order valence-electron chi connectivity index (χ4n) is 6.18. The first-order chi connectivity index (χ1) is 17.9. The van der Waals surface area contributed by atoms with Crippen LogP contribution in [0, 0.1) is 11.7 Å². The third-order valence-corrected chi connectivity index (χ3v) is 8.55. The number of ether oxygens (including phenoxy) is 1. The van der Waals surface area contributed by atoms with Crippen LogP contribution in [0.1, 0.15) is 72.3 Å². The number of nitrogens with zero attached hydrogens (tertiary/aromatic N) is 1. The van der Waals surface area contributed by atoms with Crippen molar-refractivity contribution in [3.05, 3.63) is 65.0 Å². The molecule has 0 spiro atoms. The number of rotatable bonds is 4. The quantitative estimate of drug-likeness (QED) is 0.620. The zero-order chi connectivity index (χ0) is 25.6. The molecule has 6 aliphatic rings. The number of benzene rings is 2. The first-order valence-electron chi connectivity index (χ1n) is 13.4. The second-order valence-electron chi connectivity index (χ2n) is 11.0. The molecule has 7 nitrogen and oxygen atoms in total. The molecule has 5 fully saturated rings. The number of carbonyl (C=O) groups is 3. The van der Waals surface area contributed by atoms with E-state index < -0.39 is 5.54 Å². The summed E-state index contributed by atoms with van der Waals surface area (Å²) in [5.74, 6) is 0.410. The van der Waals surface area contributed by atoms with Gasteiger partial charge < -0.3 is 15.0 Å². The number of fused-ring (bicyclic) bond motifs is 3. The molecule has 2 bridgehead atoms. The van der Waals surface area contributed by atoms with Gasteiger partial charge in [0, 0.05) is 37.0 Å². The highest BCUT2D eigenvalue weighted by Gasteiger charge is 2.62. The topological polar surface area (TPSA) is 87.7 Å². The predicted octanol–water partition coefficient (Wildman–Crippen LogP) is 3.67. The van der Waals surface area contributed by atoms with E-state index in [0.717, 1.165) is 42.8 Å². The molecule has 0 atom stereocenters. The van der Waals surface area contributed by atoms with Crippen LogP contribution in [0.3, 0.4) is 0 Å². The van der Waals surface area contributed by atoms with E-state index in [1.807, 2.05) is 24.3 Å². The van der Waals surface area contributed by atoms with E-state index in [9.17, 15) is 18.8 Å². The Labute approximate surface area is 215 Å². The Kier molecular flexibility index (Phi) is 6.23. The van der Waals surface area contributed by atoms with Gasteiger partial charge in [-0.15, -0.1) is 0 Å². The van der Waals surface area contributed by atoms with Crippen molar-refractivity contribution >= 4 is 17.7 Å². The van der Waals surface area contributed by atoms with Gasteiger partial charge in [-0.1, -0.05) is 18.6 Å². The fourth-order valence-corrected chi connectivity index (χ4v) is 6.18. The molecule has 2 N–H and O–H groups in total. The summed E-state index contributed by atoms with van der Waals surface area (Å²) in [5.41, 5.74) is 1.82. The molecule has 0 unspecified atom stereocenters. The van der Waals surface area contributed by atoms with Crippen LogP contribution >= 0.6 is 0 Å². The van der Waals surface area contributed by atoms with Gasteiger partial charge in [0.25, 0.3) is 11.8 Å². The van der Waals surface area contributed by atoms with Crippen LogP contribution in [0.4, 0.5) is 4.39 Å². The maximum absolute atomic E-state index is 12.9. The summed E-state index contributed by atoms with van der Waals surface area (Å²) in [7, 11) is 0. The number of hydrogen-bond donors (Lipinski definition) is 2. The average Bonchev–Trinajstić information content (AvgIpc) is 3.14. The zero-order valence-electron chi connectivity index (χ0n) is 20.8. The lowest BCUT2D eigenvalue weighted by Crippen LogP contribution is -2.73. The standard InChI is InChI=1S/C20H22N2O4.C9H10FN/c23-17-13-9-20(10-13,19(25)21-17)22-11-12-8-15(6-7-16(12)18(22)24)26-14-4-2-1-3-5-14;10-9-3-1-2-7(4-9)8-5-11-6-8/h6-8,13-14H,1-5,9-11H2,(H,21,23,25);1-4,8,11H,5-6H2. The van der Waals surface area contributed by atoms with Crippen molar-refractivity contribution in [3.8, 4) is 5.75 Å². The lowest BCUT2D eigenvalue weighted by atomic mass is 9.63. The van der Waals surface area contributed by atoms with E-state index >= 15 is 0 Å². The molecular weight excluding hydrogens is 473 g/mol. The Morgan fingerprint density at radius 2 is 1.73 bits per heavy atom. The van der Waals surface area contributed by atoms with Crippen molar-refractivity contribution in [2.45, 2.75) is 69.1 Å². The van der Waals surface area contributed by atoms with E-state index in [-0.39, 0.29) is 35.6 Å². The van der Waals surface area contributed by atoms with Gasteiger partial charge in [0.1, 0.15) is 17.1 Å². The summed E-state index contributed by atoms with van der Waals surface area (Å²) in [6.07, 6.45) is 7.02. The zero-order valence-corrected chi connectivity index (χ0v) is 20.8. The second kappa shape index (κ2) is 9.56. The number of hydrogen-bond acceptors (Lipinski definition) is 5. The van der Waals surface area contributed by atoms with Crippen molar-refractivity contribution in [3.63, 3.8) is 0 Å². The molecule has 3 amide bonds. The Morgan fingerprint density at radius 3 is 2.41 bits per heavy atom. The molecule has 8 rings (SSSR count). The van der Waals surface area contributed by atoms with Crippen LogP contribution in [0.5, 0.6) is 5.75 Å². The second-order valence-corrected chi connectivity index (χ2v) is 11.0. The minimum atomic E-state index is -0.848. The molecule has 2 aromatic carbocycles. The molecule has 194 valence electrons.